The average Bonchev–Trinajstić information content (AvgIpc) is 3.51. The van der Waals surface area contributed by atoms with E-state index < -0.39 is 26.6 Å². The predicted molar refractivity (Wildman–Crippen MR) is 358 cm³/mol. The standard InChI is InChI=1S/C73H133N2O7P/c1-7-10-13-16-19-22-25-27-29-31-33-35-37-39-41-43-45-47-50-53-56-59-62-65-72(76)74-70(69-81-83(78,79)80-68-67-75(4,5)6)71(64-61-58-55-52-49-24-21-18-15-12-9-3)82-73(77)66-63-60-57-54-51-48-46-44-42-40-38-36-34-32-30-28-26-23-20-17-14-11-8-2/h11,14,20,23,28,30,34,36,40,42,46,48,61,64,70-71H,7-10,12-13,15-19,21-22,24-27,29,31-33,35,37-39,41,43-45,47,49-60,62-63,65-69H2,1-6H3,(H-,74,76,78,79)/b14-11-,23-20-,30-28-,36-34-,42-40-,48-46-,64-61+. The molecule has 1 N–H and O–H groups in total. The number of hydrogen-bond acceptors (Lipinski definition) is 7. The Morgan fingerprint density at radius 2 is 0.771 bits per heavy atom. The minimum Gasteiger partial charge on any atom is -0.756 e. The molecule has 0 heterocycles. The van der Waals surface area contributed by atoms with Gasteiger partial charge in [-0.05, 0) is 83.1 Å². The van der Waals surface area contributed by atoms with E-state index in [1.807, 2.05) is 33.3 Å². The van der Waals surface area contributed by atoms with Crippen LogP contribution in [0, 0.1) is 0 Å². The Bertz CT molecular complexity index is 1700. The van der Waals surface area contributed by atoms with Gasteiger partial charge in [0.25, 0.3) is 7.82 Å². The molecule has 9 nitrogen and oxygen atoms in total. The molecule has 83 heavy (non-hydrogen) atoms. The summed E-state index contributed by atoms with van der Waals surface area (Å²) < 4.78 is 30.4. The summed E-state index contributed by atoms with van der Waals surface area (Å²) in [5.41, 5.74) is 0. The minimum atomic E-state index is -4.71. The number of amides is 1. The minimum absolute atomic E-state index is 0.0285. The maximum Gasteiger partial charge on any atom is 0.306 e. The molecule has 0 saturated carbocycles. The van der Waals surface area contributed by atoms with Crippen molar-refractivity contribution in [3.8, 4) is 0 Å². The van der Waals surface area contributed by atoms with Crippen LogP contribution in [0.25, 0.3) is 0 Å². The average molecular weight is 1180 g/mol. The molecule has 0 spiro atoms. The Morgan fingerprint density at radius 1 is 0.434 bits per heavy atom. The molecular formula is C73H133N2O7P. The number of unbranched alkanes of at least 4 members (excludes halogenated alkanes) is 35. The van der Waals surface area contributed by atoms with Gasteiger partial charge in [-0.15, -0.1) is 0 Å². The second-order valence-electron chi connectivity index (χ2n) is 24.7. The summed E-state index contributed by atoms with van der Waals surface area (Å²) in [6, 6.07) is -0.902. The van der Waals surface area contributed by atoms with Gasteiger partial charge in [-0.3, -0.25) is 14.2 Å². The molecule has 0 aromatic heterocycles. The van der Waals surface area contributed by atoms with E-state index in [0.717, 1.165) is 103 Å². The molecule has 0 aliphatic heterocycles. The first kappa shape index (κ1) is 80.2. The quantitative estimate of drug-likeness (QED) is 0.0212. The van der Waals surface area contributed by atoms with Crippen LogP contribution in [0.4, 0.5) is 0 Å². The lowest BCUT2D eigenvalue weighted by atomic mass is 10.0. The van der Waals surface area contributed by atoms with Crippen LogP contribution >= 0.6 is 7.82 Å². The van der Waals surface area contributed by atoms with E-state index in [1.54, 1.807) is 0 Å². The van der Waals surface area contributed by atoms with Crippen LogP contribution in [-0.2, 0) is 27.9 Å². The number of phosphoric ester groups is 1. The SMILES string of the molecule is CC/C=C\C/C=C\C/C=C\C/C=C\C/C=C\C/C=C\CCCCCCC(=O)OC(/C=C/CCCCCCCCCCC)C(COP(=O)([O-])OCC[N+](C)(C)C)NC(=O)CCCCCCCCCCCCCCCCCCCCCCCCC. The van der Waals surface area contributed by atoms with Crippen molar-refractivity contribution in [1.82, 2.24) is 5.32 Å². The molecule has 0 aliphatic carbocycles. The topological polar surface area (TPSA) is 114 Å². The molecule has 0 aromatic carbocycles. The molecule has 0 rings (SSSR count). The molecule has 0 aliphatic rings. The second kappa shape index (κ2) is 62.2. The van der Waals surface area contributed by atoms with Crippen LogP contribution in [0.15, 0.2) is 85.1 Å². The summed E-state index contributed by atoms with van der Waals surface area (Å²) in [6.45, 7) is 6.74. The number of phosphoric acid groups is 1. The number of carbonyl (C=O) groups excluding carboxylic acids is 2. The van der Waals surface area contributed by atoms with Crippen LogP contribution in [0.1, 0.15) is 316 Å². The Hall–Kier alpha value is -2.81. The maximum atomic E-state index is 13.6. The highest BCUT2D eigenvalue weighted by atomic mass is 31.2. The van der Waals surface area contributed by atoms with Gasteiger partial charge in [-0.25, -0.2) is 0 Å². The normalized spacial score (nSPS) is 14.1. The van der Waals surface area contributed by atoms with Gasteiger partial charge in [0.15, 0.2) is 0 Å². The van der Waals surface area contributed by atoms with Crippen LogP contribution in [0.5, 0.6) is 0 Å². The number of nitrogens with zero attached hydrogens (tertiary/aromatic N) is 1. The Kier molecular flexibility index (Phi) is 60.1. The molecule has 0 saturated heterocycles. The van der Waals surface area contributed by atoms with Crippen LogP contribution in [0.3, 0.4) is 0 Å². The number of nitrogens with one attached hydrogen (secondary N) is 1. The summed E-state index contributed by atoms with van der Waals surface area (Å²) in [5.74, 6) is -0.563. The fourth-order valence-electron chi connectivity index (χ4n) is 10.00. The van der Waals surface area contributed by atoms with Crippen molar-refractivity contribution in [2.45, 2.75) is 328 Å². The number of hydrogen-bond donors (Lipinski definition) is 1. The molecule has 482 valence electrons. The molecule has 0 radical (unpaired) electrons. The van der Waals surface area contributed by atoms with E-state index in [1.165, 1.54) is 173 Å². The smallest absolute Gasteiger partial charge is 0.306 e. The number of allylic oxidation sites excluding steroid dienone is 13. The first-order valence-corrected chi connectivity index (χ1v) is 36.4. The van der Waals surface area contributed by atoms with E-state index in [9.17, 15) is 19.0 Å². The lowest BCUT2D eigenvalue weighted by Crippen LogP contribution is -2.47. The highest BCUT2D eigenvalue weighted by Crippen LogP contribution is 2.38. The van der Waals surface area contributed by atoms with Crippen molar-refractivity contribution < 1.29 is 37.3 Å². The lowest BCUT2D eigenvalue weighted by molar-refractivity contribution is -0.870. The highest BCUT2D eigenvalue weighted by molar-refractivity contribution is 7.45. The van der Waals surface area contributed by atoms with Crippen molar-refractivity contribution in [2.24, 2.45) is 0 Å². The van der Waals surface area contributed by atoms with Crippen LogP contribution in [0.2, 0.25) is 0 Å². The van der Waals surface area contributed by atoms with Crippen molar-refractivity contribution in [3.05, 3.63) is 85.1 Å². The van der Waals surface area contributed by atoms with E-state index in [0.29, 0.717) is 23.9 Å². The number of rotatable bonds is 63. The summed E-state index contributed by atoms with van der Waals surface area (Å²) in [7, 11) is 1.17. The van der Waals surface area contributed by atoms with Gasteiger partial charge in [0, 0.05) is 12.8 Å². The molecule has 0 aromatic rings. The molecule has 0 bridgehead atoms. The van der Waals surface area contributed by atoms with Gasteiger partial charge in [0.05, 0.1) is 33.8 Å². The lowest BCUT2D eigenvalue weighted by Gasteiger charge is -2.30. The number of ether oxygens (including phenoxy) is 1. The number of esters is 1. The van der Waals surface area contributed by atoms with Crippen LogP contribution < -0.4 is 10.2 Å². The van der Waals surface area contributed by atoms with Gasteiger partial charge in [-0.2, -0.15) is 0 Å². The van der Waals surface area contributed by atoms with E-state index in [4.69, 9.17) is 13.8 Å². The number of carbonyl (C=O) groups is 2. The Balaban J connectivity index is 5.10. The van der Waals surface area contributed by atoms with Gasteiger partial charge in [0.1, 0.15) is 19.3 Å². The molecule has 3 atom stereocenters. The first-order valence-electron chi connectivity index (χ1n) is 34.9. The van der Waals surface area contributed by atoms with Crippen LogP contribution in [-0.4, -0.2) is 69.4 Å². The molecule has 0 fully saturated rings. The molecule has 3 unspecified atom stereocenters. The third kappa shape index (κ3) is 63.5. The Morgan fingerprint density at radius 3 is 1.16 bits per heavy atom. The summed E-state index contributed by atoms with van der Waals surface area (Å²) in [4.78, 5) is 40.1. The fraction of sp³-hybridized carbons (Fsp3) is 0.781. The monoisotopic (exact) mass is 1180 g/mol. The summed E-state index contributed by atoms with van der Waals surface area (Å²) >= 11 is 0. The van der Waals surface area contributed by atoms with Gasteiger partial charge >= 0.3 is 5.97 Å². The van der Waals surface area contributed by atoms with E-state index >= 15 is 0 Å². The zero-order valence-electron chi connectivity index (χ0n) is 55.1. The van der Waals surface area contributed by atoms with Crippen molar-refractivity contribution >= 4 is 19.7 Å². The fourth-order valence-corrected chi connectivity index (χ4v) is 10.7. The first-order chi connectivity index (χ1) is 40.4. The van der Waals surface area contributed by atoms with Gasteiger partial charge in [0.2, 0.25) is 5.91 Å². The number of quaternary nitrogens is 1. The van der Waals surface area contributed by atoms with Crippen molar-refractivity contribution in [1.29, 1.82) is 0 Å². The Labute approximate surface area is 514 Å². The largest absolute Gasteiger partial charge is 0.756 e. The summed E-state index contributed by atoms with van der Waals surface area (Å²) in [6.07, 6.45) is 82.8. The number of likely N-dealkylation sites (N-methyl/N-ethyl adjacent to an activating group) is 1. The summed E-state index contributed by atoms with van der Waals surface area (Å²) in [5, 5.41) is 3.03. The second-order valence-corrected chi connectivity index (χ2v) is 26.1. The predicted octanol–water partition coefficient (Wildman–Crippen LogP) is 21.5. The van der Waals surface area contributed by atoms with E-state index in [-0.39, 0.29) is 24.9 Å². The van der Waals surface area contributed by atoms with Crippen molar-refractivity contribution in [3.63, 3.8) is 0 Å². The molecular weight excluding hydrogens is 1050 g/mol. The maximum absolute atomic E-state index is 13.6. The molecule has 1 amide bonds. The third-order valence-electron chi connectivity index (χ3n) is 15.3. The van der Waals surface area contributed by atoms with Gasteiger partial charge < -0.3 is 28.5 Å². The zero-order chi connectivity index (χ0) is 60.7. The molecule has 10 heteroatoms. The van der Waals surface area contributed by atoms with Gasteiger partial charge in [-0.1, -0.05) is 305 Å². The third-order valence-corrected chi connectivity index (χ3v) is 16.3. The highest BCUT2D eigenvalue weighted by Gasteiger charge is 2.27. The zero-order valence-corrected chi connectivity index (χ0v) is 56.0. The van der Waals surface area contributed by atoms with E-state index in [2.05, 4.69) is 99.0 Å². The van der Waals surface area contributed by atoms with Crippen molar-refractivity contribution in [2.75, 3.05) is 40.9 Å².